The molecule has 0 aliphatic heterocycles. The maximum Gasteiger partial charge on any atom is 0.354 e. The van der Waals surface area contributed by atoms with Crippen LogP contribution < -0.4 is 5.43 Å². The Bertz CT molecular complexity index is 661. The van der Waals surface area contributed by atoms with Crippen LogP contribution >= 0.6 is 0 Å². The number of H-pyrrole nitrogens is 1. The Morgan fingerprint density at radius 3 is 2.71 bits per heavy atom. The van der Waals surface area contributed by atoms with Gasteiger partial charge < -0.3 is 9.72 Å². The summed E-state index contributed by atoms with van der Waals surface area (Å²) in [6, 6.07) is 1.19. The SMILES string of the molecule is COC(=O)c1cc(=O)c2c(C)nc(C)nc2[nH]1. The summed E-state index contributed by atoms with van der Waals surface area (Å²) in [4.78, 5) is 34.2. The Morgan fingerprint density at radius 1 is 1.35 bits per heavy atom. The van der Waals surface area contributed by atoms with Gasteiger partial charge in [0, 0.05) is 6.07 Å². The van der Waals surface area contributed by atoms with E-state index in [-0.39, 0.29) is 11.1 Å². The van der Waals surface area contributed by atoms with E-state index in [1.807, 2.05) is 0 Å². The number of esters is 1. The molecule has 0 aromatic carbocycles. The maximum atomic E-state index is 11.8. The molecular formula is C11H11N3O3. The molecule has 6 nitrogen and oxygen atoms in total. The van der Waals surface area contributed by atoms with Gasteiger partial charge in [0.1, 0.15) is 17.2 Å². The van der Waals surface area contributed by atoms with Crippen molar-refractivity contribution >= 4 is 17.0 Å². The Morgan fingerprint density at radius 2 is 2.06 bits per heavy atom. The number of aromatic amines is 1. The summed E-state index contributed by atoms with van der Waals surface area (Å²) in [7, 11) is 1.25. The summed E-state index contributed by atoms with van der Waals surface area (Å²) >= 11 is 0. The van der Waals surface area contributed by atoms with E-state index in [1.165, 1.54) is 13.2 Å². The lowest BCUT2D eigenvalue weighted by molar-refractivity contribution is 0.0594. The number of fused-ring (bicyclic) bond motifs is 1. The molecule has 2 rings (SSSR count). The number of ether oxygens (including phenoxy) is 1. The molecule has 0 unspecified atom stereocenters. The van der Waals surface area contributed by atoms with Gasteiger partial charge in [-0.2, -0.15) is 0 Å². The number of pyridine rings is 1. The molecule has 0 saturated carbocycles. The molecule has 0 aliphatic rings. The van der Waals surface area contributed by atoms with Crippen LogP contribution in [0.5, 0.6) is 0 Å². The first-order valence-corrected chi connectivity index (χ1v) is 4.99. The monoisotopic (exact) mass is 233 g/mol. The highest BCUT2D eigenvalue weighted by Gasteiger charge is 2.12. The van der Waals surface area contributed by atoms with Crippen LogP contribution in [0.25, 0.3) is 11.0 Å². The zero-order valence-corrected chi connectivity index (χ0v) is 9.70. The van der Waals surface area contributed by atoms with E-state index in [1.54, 1.807) is 13.8 Å². The summed E-state index contributed by atoms with van der Waals surface area (Å²) in [6.45, 7) is 3.44. The van der Waals surface area contributed by atoms with E-state index in [0.29, 0.717) is 22.6 Å². The van der Waals surface area contributed by atoms with Crippen molar-refractivity contribution < 1.29 is 9.53 Å². The lowest BCUT2D eigenvalue weighted by Gasteiger charge is -2.04. The molecule has 17 heavy (non-hydrogen) atoms. The maximum absolute atomic E-state index is 11.8. The summed E-state index contributed by atoms with van der Waals surface area (Å²) in [5.41, 5.74) is 0.729. The number of nitrogens with zero attached hydrogens (tertiary/aromatic N) is 2. The smallest absolute Gasteiger partial charge is 0.354 e. The number of methoxy groups -OCH3 is 1. The topological polar surface area (TPSA) is 84.9 Å². The van der Waals surface area contributed by atoms with Gasteiger partial charge in [0.15, 0.2) is 5.43 Å². The number of nitrogens with one attached hydrogen (secondary N) is 1. The van der Waals surface area contributed by atoms with Crippen molar-refractivity contribution in [3.8, 4) is 0 Å². The van der Waals surface area contributed by atoms with Gasteiger partial charge in [-0.1, -0.05) is 0 Å². The van der Waals surface area contributed by atoms with Crippen LogP contribution in [0.3, 0.4) is 0 Å². The van der Waals surface area contributed by atoms with E-state index < -0.39 is 5.97 Å². The minimum Gasteiger partial charge on any atom is -0.464 e. The fraction of sp³-hybridized carbons (Fsp3) is 0.273. The van der Waals surface area contributed by atoms with Gasteiger partial charge in [-0.15, -0.1) is 0 Å². The van der Waals surface area contributed by atoms with Gasteiger partial charge in [0.25, 0.3) is 0 Å². The summed E-state index contributed by atoms with van der Waals surface area (Å²) in [5.74, 6) is -0.0643. The Hall–Kier alpha value is -2.24. The lowest BCUT2D eigenvalue weighted by atomic mass is 10.2. The van der Waals surface area contributed by atoms with Crippen LogP contribution in [0.1, 0.15) is 22.0 Å². The van der Waals surface area contributed by atoms with Crippen LogP contribution in [-0.4, -0.2) is 28.0 Å². The van der Waals surface area contributed by atoms with Crippen molar-refractivity contribution in [2.24, 2.45) is 0 Å². The van der Waals surface area contributed by atoms with E-state index in [2.05, 4.69) is 19.7 Å². The first kappa shape index (κ1) is 11.3. The number of aryl methyl sites for hydroxylation is 2. The summed E-state index contributed by atoms with van der Waals surface area (Å²) < 4.78 is 4.55. The number of aromatic nitrogens is 3. The van der Waals surface area contributed by atoms with Crippen molar-refractivity contribution in [1.82, 2.24) is 15.0 Å². The highest BCUT2D eigenvalue weighted by molar-refractivity contribution is 5.90. The predicted molar refractivity (Wildman–Crippen MR) is 61.0 cm³/mol. The first-order valence-electron chi connectivity index (χ1n) is 4.99. The normalized spacial score (nSPS) is 10.5. The average molecular weight is 233 g/mol. The standard InChI is InChI=1S/C11H11N3O3/c1-5-9-8(15)4-7(11(16)17-3)14-10(9)13-6(2)12-5/h4H,1-3H3,(H,12,13,14,15). The Balaban J connectivity index is 2.82. The Kier molecular flexibility index (Phi) is 2.63. The molecule has 88 valence electrons. The molecule has 1 N–H and O–H groups in total. The van der Waals surface area contributed by atoms with E-state index in [9.17, 15) is 9.59 Å². The fourth-order valence-corrected chi connectivity index (χ4v) is 1.68. The number of hydrogen-bond donors (Lipinski definition) is 1. The molecule has 0 saturated heterocycles. The third-order valence-electron chi connectivity index (χ3n) is 2.38. The molecule has 0 aliphatic carbocycles. The van der Waals surface area contributed by atoms with Crippen molar-refractivity contribution in [3.63, 3.8) is 0 Å². The summed E-state index contributed by atoms with van der Waals surface area (Å²) in [6.07, 6.45) is 0. The summed E-state index contributed by atoms with van der Waals surface area (Å²) in [5, 5.41) is 0.392. The van der Waals surface area contributed by atoms with Gasteiger partial charge in [-0.05, 0) is 13.8 Å². The largest absolute Gasteiger partial charge is 0.464 e. The molecule has 2 heterocycles. The van der Waals surface area contributed by atoms with Crippen molar-refractivity contribution in [2.75, 3.05) is 7.11 Å². The van der Waals surface area contributed by atoms with Gasteiger partial charge in [-0.3, -0.25) is 4.79 Å². The molecule has 0 atom stereocenters. The minimum atomic E-state index is -0.599. The molecule has 0 spiro atoms. The van der Waals surface area contributed by atoms with Crippen LogP contribution in [0.15, 0.2) is 10.9 Å². The molecule has 0 bridgehead atoms. The molecular weight excluding hydrogens is 222 g/mol. The lowest BCUT2D eigenvalue weighted by Crippen LogP contribution is -2.14. The van der Waals surface area contributed by atoms with Gasteiger partial charge >= 0.3 is 5.97 Å². The zero-order chi connectivity index (χ0) is 12.6. The fourth-order valence-electron chi connectivity index (χ4n) is 1.68. The molecule has 2 aromatic heterocycles. The first-order chi connectivity index (χ1) is 8.02. The average Bonchev–Trinajstić information content (AvgIpc) is 2.26. The van der Waals surface area contributed by atoms with Crippen LogP contribution in [0.2, 0.25) is 0 Å². The van der Waals surface area contributed by atoms with Crippen LogP contribution in [0, 0.1) is 13.8 Å². The van der Waals surface area contributed by atoms with Crippen molar-refractivity contribution in [2.45, 2.75) is 13.8 Å². The van der Waals surface area contributed by atoms with E-state index in [4.69, 9.17) is 0 Å². The second-order valence-corrected chi connectivity index (χ2v) is 3.62. The van der Waals surface area contributed by atoms with Gasteiger partial charge in [0.05, 0.1) is 18.2 Å². The minimum absolute atomic E-state index is 0.0856. The number of carbonyl (C=O) groups excluding carboxylic acids is 1. The Labute approximate surface area is 96.7 Å². The van der Waals surface area contributed by atoms with E-state index >= 15 is 0 Å². The highest BCUT2D eigenvalue weighted by atomic mass is 16.5. The quantitative estimate of drug-likeness (QED) is 0.733. The second kappa shape index (κ2) is 3.97. The van der Waals surface area contributed by atoms with Crippen LogP contribution in [-0.2, 0) is 4.74 Å². The van der Waals surface area contributed by atoms with Crippen molar-refractivity contribution in [1.29, 1.82) is 0 Å². The van der Waals surface area contributed by atoms with Gasteiger partial charge in [-0.25, -0.2) is 14.8 Å². The molecule has 0 radical (unpaired) electrons. The van der Waals surface area contributed by atoms with Crippen molar-refractivity contribution in [3.05, 3.63) is 33.5 Å². The number of carbonyl (C=O) groups is 1. The molecule has 2 aromatic rings. The van der Waals surface area contributed by atoms with E-state index in [0.717, 1.165) is 0 Å². The zero-order valence-electron chi connectivity index (χ0n) is 9.70. The second-order valence-electron chi connectivity index (χ2n) is 3.62. The number of rotatable bonds is 1. The van der Waals surface area contributed by atoms with Gasteiger partial charge in [0.2, 0.25) is 0 Å². The predicted octanol–water partition coefficient (Wildman–Crippen LogP) is 0.722. The molecule has 6 heteroatoms. The molecule has 0 amide bonds. The highest BCUT2D eigenvalue weighted by Crippen LogP contribution is 2.09. The molecule has 0 fully saturated rings. The number of hydrogen-bond acceptors (Lipinski definition) is 5. The third-order valence-corrected chi connectivity index (χ3v) is 2.38. The third kappa shape index (κ3) is 1.89. The van der Waals surface area contributed by atoms with Crippen LogP contribution in [0.4, 0.5) is 0 Å².